The van der Waals surface area contributed by atoms with Crippen LogP contribution in [0.4, 0.5) is 0 Å². The summed E-state index contributed by atoms with van der Waals surface area (Å²) in [6.45, 7) is 0. The van der Waals surface area contributed by atoms with Crippen LogP contribution in [-0.2, 0) is 0 Å². The fraction of sp³-hybridized carbons (Fsp3) is 0.250. The SMILES string of the molecule is COc1cccc(SCC2CSc3ccccc32)c1. The van der Waals surface area contributed by atoms with Crippen LogP contribution in [0.15, 0.2) is 58.3 Å². The summed E-state index contributed by atoms with van der Waals surface area (Å²) in [6.07, 6.45) is 0. The van der Waals surface area contributed by atoms with E-state index in [1.165, 1.54) is 21.1 Å². The van der Waals surface area contributed by atoms with E-state index < -0.39 is 0 Å². The second kappa shape index (κ2) is 5.93. The van der Waals surface area contributed by atoms with Gasteiger partial charge in [0.25, 0.3) is 0 Å². The van der Waals surface area contributed by atoms with Crippen LogP contribution >= 0.6 is 23.5 Å². The molecule has 1 aliphatic rings. The molecule has 0 aromatic heterocycles. The zero-order valence-corrected chi connectivity index (χ0v) is 12.5. The number of thioether (sulfide) groups is 2. The lowest BCUT2D eigenvalue weighted by atomic mass is 10.0. The first-order valence-corrected chi connectivity index (χ1v) is 8.32. The van der Waals surface area contributed by atoms with Gasteiger partial charge in [0.1, 0.15) is 5.75 Å². The summed E-state index contributed by atoms with van der Waals surface area (Å²) in [5.74, 6) is 3.94. The summed E-state index contributed by atoms with van der Waals surface area (Å²) >= 11 is 3.90. The molecule has 0 saturated carbocycles. The van der Waals surface area contributed by atoms with E-state index in [2.05, 4.69) is 42.5 Å². The minimum absolute atomic E-state index is 0.664. The number of benzene rings is 2. The molecular formula is C16H16OS2. The van der Waals surface area contributed by atoms with Crippen LogP contribution in [-0.4, -0.2) is 18.6 Å². The molecule has 0 fully saturated rings. The average molecular weight is 288 g/mol. The normalized spacial score (nSPS) is 17.2. The molecule has 3 rings (SSSR count). The van der Waals surface area contributed by atoms with Crippen molar-refractivity contribution in [2.45, 2.75) is 15.7 Å². The van der Waals surface area contributed by atoms with Gasteiger partial charge in [-0.15, -0.1) is 23.5 Å². The summed E-state index contributed by atoms with van der Waals surface area (Å²) in [5.41, 5.74) is 1.52. The molecule has 1 aliphatic heterocycles. The Kier molecular flexibility index (Phi) is 4.04. The Morgan fingerprint density at radius 2 is 2.11 bits per heavy atom. The van der Waals surface area contributed by atoms with Crippen molar-refractivity contribution < 1.29 is 4.74 Å². The van der Waals surface area contributed by atoms with Gasteiger partial charge in [0.05, 0.1) is 7.11 Å². The van der Waals surface area contributed by atoms with Crippen molar-refractivity contribution in [3.63, 3.8) is 0 Å². The molecule has 0 amide bonds. The zero-order valence-electron chi connectivity index (χ0n) is 10.8. The molecule has 3 heteroatoms. The third kappa shape index (κ3) is 2.93. The van der Waals surface area contributed by atoms with E-state index in [0.717, 1.165) is 11.5 Å². The summed E-state index contributed by atoms with van der Waals surface area (Å²) < 4.78 is 5.27. The smallest absolute Gasteiger partial charge is 0.119 e. The second-order valence-electron chi connectivity index (χ2n) is 4.54. The molecule has 0 aliphatic carbocycles. The highest BCUT2D eigenvalue weighted by Gasteiger charge is 2.22. The van der Waals surface area contributed by atoms with Crippen LogP contribution in [0.25, 0.3) is 0 Å². The molecule has 0 N–H and O–H groups in total. The average Bonchev–Trinajstić information content (AvgIpc) is 2.89. The summed E-state index contributed by atoms with van der Waals surface area (Å²) in [6, 6.07) is 17.1. The number of fused-ring (bicyclic) bond motifs is 1. The highest BCUT2D eigenvalue weighted by Crippen LogP contribution is 2.41. The standard InChI is InChI=1S/C16H16OS2/c1-17-13-5-4-6-14(9-13)18-10-12-11-19-16-8-3-2-7-15(12)16/h2-9,12H,10-11H2,1H3. The molecule has 2 aromatic carbocycles. The lowest BCUT2D eigenvalue weighted by Crippen LogP contribution is -1.99. The van der Waals surface area contributed by atoms with Gasteiger partial charge in [0.2, 0.25) is 0 Å². The van der Waals surface area contributed by atoms with Gasteiger partial charge in [-0.05, 0) is 29.8 Å². The first-order chi connectivity index (χ1) is 9.36. The van der Waals surface area contributed by atoms with E-state index in [0.29, 0.717) is 5.92 Å². The molecule has 19 heavy (non-hydrogen) atoms. The van der Waals surface area contributed by atoms with Crippen LogP contribution in [0, 0.1) is 0 Å². The van der Waals surface area contributed by atoms with Crippen LogP contribution in [0.2, 0.25) is 0 Å². The molecule has 2 aromatic rings. The fourth-order valence-corrected chi connectivity index (χ4v) is 4.72. The summed E-state index contributed by atoms with van der Waals surface area (Å²) in [4.78, 5) is 2.74. The van der Waals surface area contributed by atoms with Gasteiger partial charge in [0.15, 0.2) is 0 Å². The second-order valence-corrected chi connectivity index (χ2v) is 6.69. The van der Waals surface area contributed by atoms with E-state index in [4.69, 9.17) is 4.74 Å². The van der Waals surface area contributed by atoms with Gasteiger partial charge in [-0.25, -0.2) is 0 Å². The Morgan fingerprint density at radius 1 is 1.21 bits per heavy atom. The van der Waals surface area contributed by atoms with E-state index in [9.17, 15) is 0 Å². The molecule has 0 saturated heterocycles. The molecule has 98 valence electrons. The van der Waals surface area contributed by atoms with E-state index in [-0.39, 0.29) is 0 Å². The molecule has 1 heterocycles. The number of methoxy groups -OCH3 is 1. The van der Waals surface area contributed by atoms with Gasteiger partial charge < -0.3 is 4.74 Å². The molecule has 1 atom stereocenters. The highest BCUT2D eigenvalue weighted by atomic mass is 32.2. The maximum Gasteiger partial charge on any atom is 0.119 e. The Balaban J connectivity index is 1.67. The van der Waals surface area contributed by atoms with E-state index >= 15 is 0 Å². The Hall–Kier alpha value is -1.06. The van der Waals surface area contributed by atoms with Crippen LogP contribution in [0.3, 0.4) is 0 Å². The molecule has 1 nitrogen and oxygen atoms in total. The van der Waals surface area contributed by atoms with Crippen molar-refractivity contribution in [3.8, 4) is 5.75 Å². The first-order valence-electron chi connectivity index (χ1n) is 6.35. The quantitative estimate of drug-likeness (QED) is 0.756. The Labute approximate surface area is 122 Å². The first kappa shape index (κ1) is 12.9. The topological polar surface area (TPSA) is 9.23 Å². The van der Waals surface area contributed by atoms with Crippen molar-refractivity contribution in [1.82, 2.24) is 0 Å². The van der Waals surface area contributed by atoms with Crippen LogP contribution in [0.5, 0.6) is 5.75 Å². The van der Waals surface area contributed by atoms with E-state index in [1.54, 1.807) is 7.11 Å². The van der Waals surface area contributed by atoms with Gasteiger partial charge in [-0.3, -0.25) is 0 Å². The maximum absolute atomic E-state index is 5.27. The number of ether oxygens (including phenoxy) is 1. The summed E-state index contributed by atoms with van der Waals surface area (Å²) in [7, 11) is 1.72. The maximum atomic E-state index is 5.27. The zero-order chi connectivity index (χ0) is 13.1. The van der Waals surface area contributed by atoms with Gasteiger partial charge in [0, 0.05) is 27.2 Å². The molecule has 0 bridgehead atoms. The number of hydrogen-bond acceptors (Lipinski definition) is 3. The number of rotatable bonds is 4. The molecule has 0 radical (unpaired) electrons. The Morgan fingerprint density at radius 3 is 3.00 bits per heavy atom. The third-order valence-corrected chi connectivity index (χ3v) is 5.70. The number of hydrogen-bond donors (Lipinski definition) is 0. The van der Waals surface area contributed by atoms with Gasteiger partial charge in [-0.1, -0.05) is 24.3 Å². The summed E-state index contributed by atoms with van der Waals surface area (Å²) in [5, 5.41) is 0. The van der Waals surface area contributed by atoms with Crippen molar-refractivity contribution in [2.75, 3.05) is 18.6 Å². The molecule has 0 spiro atoms. The van der Waals surface area contributed by atoms with Crippen LogP contribution in [0.1, 0.15) is 11.5 Å². The Bertz CT molecular complexity index is 568. The fourth-order valence-electron chi connectivity index (χ4n) is 2.26. The highest BCUT2D eigenvalue weighted by molar-refractivity contribution is 8.00. The van der Waals surface area contributed by atoms with Crippen molar-refractivity contribution in [3.05, 3.63) is 54.1 Å². The van der Waals surface area contributed by atoms with Crippen molar-refractivity contribution in [2.24, 2.45) is 0 Å². The minimum Gasteiger partial charge on any atom is -0.497 e. The van der Waals surface area contributed by atoms with Gasteiger partial charge >= 0.3 is 0 Å². The minimum atomic E-state index is 0.664. The van der Waals surface area contributed by atoms with Crippen molar-refractivity contribution in [1.29, 1.82) is 0 Å². The van der Waals surface area contributed by atoms with Gasteiger partial charge in [-0.2, -0.15) is 0 Å². The molecule has 1 unspecified atom stereocenters. The van der Waals surface area contributed by atoms with Crippen molar-refractivity contribution >= 4 is 23.5 Å². The lowest BCUT2D eigenvalue weighted by Gasteiger charge is -2.10. The van der Waals surface area contributed by atoms with Crippen LogP contribution < -0.4 is 4.74 Å². The largest absolute Gasteiger partial charge is 0.497 e. The lowest BCUT2D eigenvalue weighted by molar-refractivity contribution is 0.413. The molecular weight excluding hydrogens is 272 g/mol. The van der Waals surface area contributed by atoms with E-state index in [1.807, 2.05) is 29.6 Å². The monoisotopic (exact) mass is 288 g/mol. The predicted octanol–water partition coefficient (Wildman–Crippen LogP) is 4.68. The third-order valence-electron chi connectivity index (χ3n) is 3.29. The predicted molar refractivity (Wildman–Crippen MR) is 83.6 cm³/mol.